The first kappa shape index (κ1) is 18.3. The average molecular weight is 391 g/mol. The molecule has 3 heterocycles. The van der Waals surface area contributed by atoms with Crippen LogP contribution in [-0.4, -0.2) is 71.2 Å². The minimum atomic E-state index is -0.412. The van der Waals surface area contributed by atoms with Crippen molar-refractivity contribution in [2.24, 2.45) is 23.7 Å². The molecular weight excluding hydrogens is 363 g/mol. The second-order valence-electron chi connectivity index (χ2n) is 8.31. The standard InChI is InChI=1S/C18H28Cl2N2O3/c1-9-4-14-12(6-22(9)15(24)7-23)16-11(10-2-3-25-8-10)5-13(19)17(20)18(16)21-14/h9-14,16-18,21,23H,2-8H2,1H3/t9-,10?,11?,12?,13?,14?,16?,17?,18?/m1/s1. The third-order valence-electron chi connectivity index (χ3n) is 7.07. The topological polar surface area (TPSA) is 61.8 Å². The van der Waals surface area contributed by atoms with Gasteiger partial charge in [0.25, 0.3) is 0 Å². The van der Waals surface area contributed by atoms with Gasteiger partial charge in [-0.3, -0.25) is 4.79 Å². The minimum Gasteiger partial charge on any atom is -0.387 e. The van der Waals surface area contributed by atoms with Crippen molar-refractivity contribution in [1.82, 2.24) is 10.2 Å². The van der Waals surface area contributed by atoms with E-state index in [2.05, 4.69) is 12.2 Å². The van der Waals surface area contributed by atoms with E-state index in [1.165, 1.54) is 0 Å². The Kier molecular flexibility index (Phi) is 5.24. The number of alkyl halides is 2. The van der Waals surface area contributed by atoms with Crippen LogP contribution in [0.1, 0.15) is 26.2 Å². The summed E-state index contributed by atoms with van der Waals surface area (Å²) in [6, 6.07) is 0.720. The summed E-state index contributed by atoms with van der Waals surface area (Å²) in [5.41, 5.74) is 0. The maximum atomic E-state index is 12.2. The highest BCUT2D eigenvalue weighted by molar-refractivity contribution is 6.30. The lowest BCUT2D eigenvalue weighted by atomic mass is 9.64. The van der Waals surface area contributed by atoms with Gasteiger partial charge in [-0.1, -0.05) is 0 Å². The van der Waals surface area contributed by atoms with Crippen LogP contribution in [0.2, 0.25) is 0 Å². The first-order valence-corrected chi connectivity index (χ1v) is 10.4. The number of carbonyl (C=O) groups excluding carboxylic acids is 1. The van der Waals surface area contributed by atoms with Crippen LogP contribution < -0.4 is 5.32 Å². The highest BCUT2D eigenvalue weighted by Gasteiger charge is 2.57. The molecule has 4 rings (SSSR count). The number of piperidine rings is 1. The highest BCUT2D eigenvalue weighted by atomic mass is 35.5. The predicted octanol–water partition coefficient (Wildman–Crippen LogP) is 1.44. The Labute approximate surface area is 159 Å². The van der Waals surface area contributed by atoms with E-state index in [1.54, 1.807) is 0 Å². The number of hydrogen-bond acceptors (Lipinski definition) is 4. The molecule has 2 N–H and O–H groups in total. The maximum absolute atomic E-state index is 12.2. The third-order valence-corrected chi connectivity index (χ3v) is 8.23. The molecule has 9 atom stereocenters. The van der Waals surface area contributed by atoms with Gasteiger partial charge in [-0.15, -0.1) is 23.2 Å². The first-order valence-electron chi connectivity index (χ1n) is 9.53. The molecule has 0 aromatic rings. The number of nitrogens with one attached hydrogen (secondary N) is 1. The second kappa shape index (κ2) is 7.16. The van der Waals surface area contributed by atoms with Gasteiger partial charge >= 0.3 is 0 Å². The largest absolute Gasteiger partial charge is 0.387 e. The molecule has 1 saturated carbocycles. The molecule has 4 fully saturated rings. The molecule has 0 radical (unpaired) electrons. The number of aliphatic hydroxyl groups is 1. The number of rotatable bonds is 2. The molecule has 0 spiro atoms. The number of aliphatic hydroxyl groups excluding tert-OH is 1. The zero-order valence-electron chi connectivity index (χ0n) is 14.6. The molecule has 8 unspecified atom stereocenters. The quantitative estimate of drug-likeness (QED) is 0.700. The average Bonchev–Trinajstić information content (AvgIpc) is 3.24. The first-order chi connectivity index (χ1) is 12.0. The number of carbonyl (C=O) groups is 1. The van der Waals surface area contributed by atoms with Crippen LogP contribution in [0, 0.1) is 23.7 Å². The third kappa shape index (κ3) is 3.10. The Morgan fingerprint density at radius 1 is 1.32 bits per heavy atom. The molecule has 25 heavy (non-hydrogen) atoms. The van der Waals surface area contributed by atoms with E-state index < -0.39 is 6.61 Å². The van der Waals surface area contributed by atoms with Crippen molar-refractivity contribution in [3.8, 4) is 0 Å². The SMILES string of the molecule is C[C@@H]1CC2NC3C(Cl)C(Cl)CC(C4CCOC4)C3C2CN1C(=O)CO. The van der Waals surface area contributed by atoms with E-state index >= 15 is 0 Å². The van der Waals surface area contributed by atoms with Gasteiger partial charge in [0, 0.05) is 37.9 Å². The van der Waals surface area contributed by atoms with Gasteiger partial charge in [-0.05, 0) is 49.9 Å². The van der Waals surface area contributed by atoms with Gasteiger partial charge in [-0.25, -0.2) is 0 Å². The Bertz CT molecular complexity index is 517. The molecular formula is C18H28Cl2N2O3. The molecule has 3 saturated heterocycles. The van der Waals surface area contributed by atoms with Crippen molar-refractivity contribution in [2.45, 2.75) is 55.1 Å². The van der Waals surface area contributed by atoms with Crippen LogP contribution >= 0.6 is 23.2 Å². The van der Waals surface area contributed by atoms with Crippen molar-refractivity contribution in [1.29, 1.82) is 0 Å². The lowest BCUT2D eigenvalue weighted by Crippen LogP contribution is -2.54. The van der Waals surface area contributed by atoms with Crippen molar-refractivity contribution in [2.75, 3.05) is 26.4 Å². The number of likely N-dealkylation sites (tertiary alicyclic amines) is 1. The van der Waals surface area contributed by atoms with E-state index in [0.717, 1.165) is 32.5 Å². The summed E-state index contributed by atoms with van der Waals surface area (Å²) in [5, 5.41) is 13.0. The van der Waals surface area contributed by atoms with Crippen LogP contribution in [0.4, 0.5) is 0 Å². The molecule has 4 aliphatic rings. The predicted molar refractivity (Wildman–Crippen MR) is 96.9 cm³/mol. The Morgan fingerprint density at radius 3 is 2.80 bits per heavy atom. The van der Waals surface area contributed by atoms with Crippen molar-refractivity contribution in [3.05, 3.63) is 0 Å². The van der Waals surface area contributed by atoms with Gasteiger partial charge in [0.1, 0.15) is 6.61 Å². The maximum Gasteiger partial charge on any atom is 0.248 e. The van der Waals surface area contributed by atoms with Crippen molar-refractivity contribution in [3.63, 3.8) is 0 Å². The van der Waals surface area contributed by atoms with Crippen LogP contribution in [0.25, 0.3) is 0 Å². The van der Waals surface area contributed by atoms with Crippen molar-refractivity contribution >= 4 is 29.1 Å². The van der Waals surface area contributed by atoms with Gasteiger partial charge in [0.15, 0.2) is 0 Å². The Hall–Kier alpha value is -0.0700. The summed E-state index contributed by atoms with van der Waals surface area (Å²) in [5.74, 6) is 1.68. The van der Waals surface area contributed by atoms with E-state index in [4.69, 9.17) is 27.9 Å². The van der Waals surface area contributed by atoms with Crippen LogP contribution in [0.5, 0.6) is 0 Å². The highest BCUT2D eigenvalue weighted by Crippen LogP contribution is 2.51. The fourth-order valence-electron chi connectivity index (χ4n) is 5.91. The molecule has 0 bridgehead atoms. The summed E-state index contributed by atoms with van der Waals surface area (Å²) in [6.45, 7) is 4.02. The molecule has 0 aromatic heterocycles. The zero-order chi connectivity index (χ0) is 17.7. The molecule has 1 amide bonds. The fraction of sp³-hybridized carbons (Fsp3) is 0.944. The number of hydrogen-bond donors (Lipinski definition) is 2. The number of nitrogens with zero attached hydrogens (tertiary/aromatic N) is 1. The Balaban J connectivity index is 1.60. The van der Waals surface area contributed by atoms with Crippen LogP contribution in [0.15, 0.2) is 0 Å². The monoisotopic (exact) mass is 390 g/mol. The van der Waals surface area contributed by atoms with Crippen LogP contribution in [-0.2, 0) is 9.53 Å². The van der Waals surface area contributed by atoms with E-state index in [0.29, 0.717) is 36.3 Å². The van der Waals surface area contributed by atoms with Crippen LogP contribution in [0.3, 0.4) is 0 Å². The summed E-state index contributed by atoms with van der Waals surface area (Å²) >= 11 is 13.3. The smallest absolute Gasteiger partial charge is 0.248 e. The number of amides is 1. The zero-order valence-corrected chi connectivity index (χ0v) is 16.1. The fourth-order valence-corrected chi connectivity index (χ4v) is 6.61. The van der Waals surface area contributed by atoms with E-state index in [-0.39, 0.29) is 28.7 Å². The lowest BCUT2D eigenvalue weighted by Gasteiger charge is -2.46. The number of halogens is 2. The summed E-state index contributed by atoms with van der Waals surface area (Å²) in [7, 11) is 0. The van der Waals surface area contributed by atoms with Gasteiger partial charge in [0.2, 0.25) is 5.91 Å². The summed E-state index contributed by atoms with van der Waals surface area (Å²) < 4.78 is 5.66. The molecule has 0 aromatic carbocycles. The Morgan fingerprint density at radius 2 is 2.12 bits per heavy atom. The van der Waals surface area contributed by atoms with E-state index in [1.807, 2.05) is 4.90 Å². The number of ether oxygens (including phenoxy) is 1. The molecule has 142 valence electrons. The molecule has 1 aliphatic carbocycles. The summed E-state index contributed by atoms with van der Waals surface area (Å²) in [4.78, 5) is 14.0. The van der Waals surface area contributed by atoms with Gasteiger partial charge < -0.3 is 20.1 Å². The summed E-state index contributed by atoms with van der Waals surface area (Å²) in [6.07, 6.45) is 2.94. The molecule has 3 aliphatic heterocycles. The minimum absolute atomic E-state index is 0.0197. The normalized spacial score (nSPS) is 49.8. The van der Waals surface area contributed by atoms with E-state index in [9.17, 15) is 9.90 Å². The van der Waals surface area contributed by atoms with Crippen molar-refractivity contribution < 1.29 is 14.6 Å². The molecule has 5 nitrogen and oxygen atoms in total. The molecule has 7 heteroatoms. The number of fused-ring (bicyclic) bond motifs is 3. The lowest BCUT2D eigenvalue weighted by molar-refractivity contribution is -0.139. The van der Waals surface area contributed by atoms with Gasteiger partial charge in [-0.2, -0.15) is 0 Å². The van der Waals surface area contributed by atoms with Gasteiger partial charge in [0.05, 0.1) is 10.8 Å². The second-order valence-corrected chi connectivity index (χ2v) is 9.38.